The Bertz CT molecular complexity index is 1430. The molecule has 0 unspecified atom stereocenters. The highest BCUT2D eigenvalue weighted by molar-refractivity contribution is 7.13. The largest absolute Gasteiger partial charge is 0.494 e. The molecule has 0 aliphatic rings. The number of amides is 2. The van der Waals surface area contributed by atoms with Crippen LogP contribution in [0.4, 0.5) is 17.3 Å². The molecule has 2 amide bonds. The number of benzene rings is 1. The molecule has 0 aliphatic carbocycles. The average molecular weight is 577 g/mol. The van der Waals surface area contributed by atoms with Gasteiger partial charge in [-0.15, -0.1) is 11.3 Å². The van der Waals surface area contributed by atoms with Gasteiger partial charge in [-0.05, 0) is 35.7 Å². The van der Waals surface area contributed by atoms with Crippen LogP contribution in [0, 0.1) is 0 Å². The third kappa shape index (κ3) is 6.31. The van der Waals surface area contributed by atoms with Gasteiger partial charge in [0, 0.05) is 42.6 Å². The highest BCUT2D eigenvalue weighted by Gasteiger charge is 2.24. The lowest BCUT2D eigenvalue weighted by molar-refractivity contribution is 0.102. The van der Waals surface area contributed by atoms with Gasteiger partial charge < -0.3 is 20.3 Å². The first kappa shape index (κ1) is 26.7. The minimum absolute atomic E-state index is 0.0808. The van der Waals surface area contributed by atoms with E-state index < -0.39 is 11.8 Å². The summed E-state index contributed by atoms with van der Waals surface area (Å²) in [6, 6.07) is 11.7. The predicted octanol–water partition coefficient (Wildman–Crippen LogP) is 6.65. The molecule has 8 nitrogen and oxygen atoms in total. The van der Waals surface area contributed by atoms with Crippen molar-refractivity contribution < 1.29 is 14.3 Å². The molecule has 0 atom stereocenters. The van der Waals surface area contributed by atoms with Crippen LogP contribution in [0.2, 0.25) is 15.1 Å². The number of anilines is 3. The minimum Gasteiger partial charge on any atom is -0.494 e. The Balaban J connectivity index is 1.58. The summed E-state index contributed by atoms with van der Waals surface area (Å²) >= 11 is 19.9. The van der Waals surface area contributed by atoms with Crippen LogP contribution in [0.25, 0.3) is 0 Å². The molecule has 0 saturated carbocycles. The molecule has 0 fully saturated rings. The number of carbonyl (C=O) groups is 2. The number of aromatic nitrogens is 2. The molecule has 4 rings (SSSR count). The van der Waals surface area contributed by atoms with Crippen LogP contribution >= 0.6 is 46.1 Å². The first-order valence-electron chi connectivity index (χ1n) is 10.8. The number of halogens is 3. The monoisotopic (exact) mass is 575 g/mol. The Hall–Kier alpha value is -3.37. The number of thiophene rings is 1. The fraction of sp³-hybridized carbons (Fsp3) is 0.120. The molecule has 2 N–H and O–H groups in total. The maximum atomic E-state index is 13.3. The fourth-order valence-electron chi connectivity index (χ4n) is 3.41. The van der Waals surface area contributed by atoms with Crippen LogP contribution in [0.15, 0.2) is 60.2 Å². The summed E-state index contributed by atoms with van der Waals surface area (Å²) in [6.07, 6.45) is 3.11. The maximum Gasteiger partial charge on any atom is 0.267 e. The molecular weight excluding hydrogens is 557 g/mol. The van der Waals surface area contributed by atoms with Crippen LogP contribution < -0.4 is 20.3 Å². The van der Waals surface area contributed by atoms with Crippen LogP contribution in [-0.4, -0.2) is 35.9 Å². The van der Waals surface area contributed by atoms with Crippen LogP contribution in [-0.2, 0) is 6.54 Å². The van der Waals surface area contributed by atoms with Crippen LogP contribution in [0.5, 0.6) is 5.75 Å². The average Bonchev–Trinajstić information content (AvgIpc) is 3.26. The zero-order valence-corrected chi connectivity index (χ0v) is 22.7. The van der Waals surface area contributed by atoms with Gasteiger partial charge in [0.05, 0.1) is 28.4 Å². The van der Waals surface area contributed by atoms with Crippen molar-refractivity contribution in [2.75, 3.05) is 29.7 Å². The number of ether oxygens (including phenoxy) is 1. The summed E-state index contributed by atoms with van der Waals surface area (Å²) in [6.45, 7) is 0.450. The summed E-state index contributed by atoms with van der Waals surface area (Å²) in [5, 5.41) is 8.23. The number of pyridine rings is 2. The summed E-state index contributed by atoms with van der Waals surface area (Å²) in [4.78, 5) is 37.0. The number of hydrogen-bond donors (Lipinski definition) is 2. The number of nitrogens with zero attached hydrogens (tertiary/aromatic N) is 3. The molecule has 1 aromatic carbocycles. The molecule has 3 heterocycles. The van der Waals surface area contributed by atoms with Crippen molar-refractivity contribution in [1.82, 2.24) is 9.97 Å². The maximum absolute atomic E-state index is 13.3. The second-order valence-corrected chi connectivity index (χ2v) is 9.88. The second kappa shape index (κ2) is 11.8. The van der Waals surface area contributed by atoms with Crippen molar-refractivity contribution in [2.24, 2.45) is 0 Å². The van der Waals surface area contributed by atoms with Crippen LogP contribution in [0.3, 0.4) is 0 Å². The molecule has 37 heavy (non-hydrogen) atoms. The van der Waals surface area contributed by atoms with Gasteiger partial charge in [0.2, 0.25) is 0 Å². The summed E-state index contributed by atoms with van der Waals surface area (Å²) < 4.78 is 5.40. The normalized spacial score (nSPS) is 10.6. The van der Waals surface area contributed by atoms with E-state index in [1.807, 2.05) is 35.5 Å². The standard InChI is InChI=1S/C25H20Cl3N5O3S/c1-33(20-5-3-4-8-29-20)12-14-13-37-23(21(14)28)25(35)32-22-17(9-16(27)10-18(22)36-2)24(34)31-19-7-6-15(26)11-30-19/h3-11,13H,12H2,1-2H3,(H,32,35)(H,30,31,34). The SMILES string of the molecule is COc1cc(Cl)cc(C(=O)Nc2ccc(Cl)cn2)c1NC(=O)c1scc(CN(C)c2ccccn2)c1Cl. The van der Waals surface area contributed by atoms with E-state index in [4.69, 9.17) is 39.5 Å². The Morgan fingerprint density at radius 2 is 1.84 bits per heavy atom. The van der Waals surface area contributed by atoms with Gasteiger partial charge in [0.15, 0.2) is 0 Å². The van der Waals surface area contributed by atoms with E-state index in [9.17, 15) is 9.59 Å². The third-order valence-electron chi connectivity index (χ3n) is 5.19. The molecule has 0 bridgehead atoms. The number of hydrogen-bond acceptors (Lipinski definition) is 7. The lowest BCUT2D eigenvalue weighted by Gasteiger charge is -2.17. The second-order valence-electron chi connectivity index (χ2n) is 7.75. The number of carbonyl (C=O) groups excluding carboxylic acids is 2. The lowest BCUT2D eigenvalue weighted by Crippen LogP contribution is -2.19. The molecule has 12 heteroatoms. The number of methoxy groups -OCH3 is 1. The third-order valence-corrected chi connectivity index (χ3v) is 7.21. The van der Waals surface area contributed by atoms with Crippen molar-refractivity contribution in [3.63, 3.8) is 0 Å². The zero-order chi connectivity index (χ0) is 26.5. The minimum atomic E-state index is -0.555. The predicted molar refractivity (Wildman–Crippen MR) is 149 cm³/mol. The van der Waals surface area contributed by atoms with Crippen molar-refractivity contribution in [2.45, 2.75) is 6.54 Å². The Kier molecular flexibility index (Phi) is 8.50. The van der Waals surface area contributed by atoms with E-state index in [1.54, 1.807) is 18.3 Å². The van der Waals surface area contributed by atoms with Gasteiger partial charge in [-0.3, -0.25) is 9.59 Å². The molecule has 4 aromatic rings. The Labute approximate surface area is 232 Å². The van der Waals surface area contributed by atoms with Gasteiger partial charge >= 0.3 is 0 Å². The fourth-order valence-corrected chi connectivity index (χ4v) is 4.97. The Morgan fingerprint density at radius 1 is 1.03 bits per heavy atom. The zero-order valence-electron chi connectivity index (χ0n) is 19.6. The van der Waals surface area contributed by atoms with Crippen molar-refractivity contribution in [3.05, 3.63) is 91.3 Å². The quantitative estimate of drug-likeness (QED) is 0.244. The number of rotatable bonds is 8. The lowest BCUT2D eigenvalue weighted by atomic mass is 10.1. The van der Waals surface area contributed by atoms with E-state index in [2.05, 4.69) is 20.6 Å². The van der Waals surface area contributed by atoms with E-state index >= 15 is 0 Å². The van der Waals surface area contributed by atoms with Gasteiger partial charge in [-0.25, -0.2) is 9.97 Å². The number of nitrogens with one attached hydrogen (secondary N) is 2. The summed E-state index contributed by atoms with van der Waals surface area (Å²) in [7, 11) is 3.29. The van der Waals surface area contributed by atoms with Crippen LogP contribution in [0.1, 0.15) is 25.6 Å². The molecule has 3 aromatic heterocycles. The molecule has 0 radical (unpaired) electrons. The van der Waals surface area contributed by atoms with E-state index in [1.165, 1.54) is 36.8 Å². The van der Waals surface area contributed by atoms with Crippen molar-refractivity contribution >= 4 is 75.3 Å². The highest BCUT2D eigenvalue weighted by Crippen LogP contribution is 2.35. The van der Waals surface area contributed by atoms with E-state index in [0.717, 1.165) is 11.4 Å². The topological polar surface area (TPSA) is 96.4 Å². The molecule has 0 aliphatic heterocycles. The first-order valence-corrected chi connectivity index (χ1v) is 12.8. The molecule has 0 saturated heterocycles. The van der Waals surface area contributed by atoms with Crippen molar-refractivity contribution in [3.8, 4) is 5.75 Å². The molecular formula is C25H20Cl3N5O3S. The van der Waals surface area contributed by atoms with Gasteiger partial charge in [0.1, 0.15) is 22.3 Å². The smallest absolute Gasteiger partial charge is 0.267 e. The Morgan fingerprint density at radius 3 is 2.51 bits per heavy atom. The summed E-state index contributed by atoms with van der Waals surface area (Å²) in [5.41, 5.74) is 0.983. The van der Waals surface area contributed by atoms with Gasteiger partial charge in [-0.1, -0.05) is 40.9 Å². The van der Waals surface area contributed by atoms with Gasteiger partial charge in [-0.2, -0.15) is 0 Å². The van der Waals surface area contributed by atoms with Gasteiger partial charge in [0.25, 0.3) is 11.8 Å². The highest BCUT2D eigenvalue weighted by atomic mass is 35.5. The molecule has 0 spiro atoms. The summed E-state index contributed by atoms with van der Waals surface area (Å²) in [5.74, 6) is 0.195. The first-order chi connectivity index (χ1) is 17.8. The molecule has 190 valence electrons. The van der Waals surface area contributed by atoms with E-state index in [-0.39, 0.29) is 32.7 Å². The van der Waals surface area contributed by atoms with E-state index in [0.29, 0.717) is 16.6 Å². The van der Waals surface area contributed by atoms with Crippen molar-refractivity contribution in [1.29, 1.82) is 0 Å².